The smallest absolute Gasteiger partial charge is 0.410 e. The van der Waals surface area contributed by atoms with Crippen LogP contribution in [0.2, 0.25) is 0 Å². The van der Waals surface area contributed by atoms with E-state index < -0.39 is 11.6 Å². The van der Waals surface area contributed by atoms with Crippen molar-refractivity contribution >= 4 is 33.8 Å². The molecular formula is C26H30BrN3O5. The first-order chi connectivity index (χ1) is 16.6. The van der Waals surface area contributed by atoms with E-state index in [-0.39, 0.29) is 17.9 Å². The van der Waals surface area contributed by atoms with Crippen LogP contribution in [0, 0.1) is 0 Å². The maximum atomic E-state index is 12.4. The van der Waals surface area contributed by atoms with Gasteiger partial charge in [-0.1, -0.05) is 28.1 Å². The number of piperidine rings is 1. The van der Waals surface area contributed by atoms with Crippen molar-refractivity contribution in [1.29, 1.82) is 0 Å². The zero-order chi connectivity index (χ0) is 25.2. The van der Waals surface area contributed by atoms with E-state index in [1.165, 1.54) is 0 Å². The number of rotatable bonds is 5. The number of hydrogen-bond acceptors (Lipinski definition) is 6. The molecule has 9 heteroatoms. The fraction of sp³-hybridized carbons (Fsp3) is 0.423. The molecule has 2 aliphatic heterocycles. The molecule has 1 unspecified atom stereocenters. The molecule has 0 bridgehead atoms. The number of carbonyl (C=O) groups is 3. The highest BCUT2D eigenvalue weighted by Gasteiger charge is 2.27. The van der Waals surface area contributed by atoms with Gasteiger partial charge >= 0.3 is 6.09 Å². The van der Waals surface area contributed by atoms with Crippen molar-refractivity contribution in [3.8, 4) is 11.5 Å². The Hall–Kier alpha value is -2.91. The minimum absolute atomic E-state index is 0.236. The molecule has 2 N–H and O–H groups in total. The summed E-state index contributed by atoms with van der Waals surface area (Å²) in [5.41, 5.74) is 2.57. The summed E-state index contributed by atoms with van der Waals surface area (Å²) in [7, 11) is 0. The maximum Gasteiger partial charge on any atom is 0.410 e. The maximum absolute atomic E-state index is 12.4. The van der Waals surface area contributed by atoms with Gasteiger partial charge < -0.3 is 19.7 Å². The molecule has 1 saturated heterocycles. The molecule has 0 radical (unpaired) electrons. The first kappa shape index (κ1) is 25.2. The minimum atomic E-state index is -0.524. The number of fused-ring (bicyclic) bond motifs is 1. The molecule has 8 nitrogen and oxygen atoms in total. The van der Waals surface area contributed by atoms with Crippen LogP contribution in [0.15, 0.2) is 40.9 Å². The molecule has 35 heavy (non-hydrogen) atoms. The Labute approximate surface area is 213 Å². The lowest BCUT2D eigenvalue weighted by molar-refractivity contribution is -0.134. The van der Waals surface area contributed by atoms with Gasteiger partial charge in [0.15, 0.2) is 0 Å². The van der Waals surface area contributed by atoms with E-state index in [1.807, 2.05) is 57.2 Å². The highest BCUT2D eigenvalue weighted by atomic mass is 79.9. The zero-order valence-corrected chi connectivity index (χ0v) is 21.7. The monoisotopic (exact) mass is 543 g/mol. The van der Waals surface area contributed by atoms with Crippen LogP contribution in [0.1, 0.15) is 50.3 Å². The van der Waals surface area contributed by atoms with Gasteiger partial charge in [0.1, 0.15) is 17.1 Å². The highest BCUT2D eigenvalue weighted by Crippen LogP contribution is 2.33. The summed E-state index contributed by atoms with van der Waals surface area (Å²) < 4.78 is 12.6. The molecule has 0 spiro atoms. The molecule has 3 amide bonds. The van der Waals surface area contributed by atoms with Gasteiger partial charge in [0.25, 0.3) is 0 Å². The number of imide groups is 1. The van der Waals surface area contributed by atoms with E-state index in [2.05, 4.69) is 26.6 Å². The molecule has 1 fully saturated rings. The predicted molar refractivity (Wildman–Crippen MR) is 134 cm³/mol. The molecule has 2 aromatic carbocycles. The Morgan fingerprint density at radius 1 is 1.17 bits per heavy atom. The van der Waals surface area contributed by atoms with E-state index in [1.54, 1.807) is 4.90 Å². The molecule has 0 aromatic heterocycles. The second-order valence-corrected chi connectivity index (χ2v) is 10.6. The lowest BCUT2D eigenvalue weighted by Gasteiger charge is -2.31. The standard InChI is InChI=1S/C26H30BrN3O5/c1-26(2,3)35-25(33)30-12-11-16-13-18(8-7-17(16)15-30)34-22-6-4-5-20(27)19(22)14-28-21-9-10-23(31)29-24(21)32/h4-8,13,21,28H,9-12,14-15H2,1-3H3,(H,29,31,32). The van der Waals surface area contributed by atoms with Crippen LogP contribution in [0.5, 0.6) is 11.5 Å². The molecule has 186 valence electrons. The van der Waals surface area contributed by atoms with Gasteiger partial charge in [-0.25, -0.2) is 4.79 Å². The van der Waals surface area contributed by atoms with Gasteiger partial charge in [-0.15, -0.1) is 0 Å². The van der Waals surface area contributed by atoms with Gasteiger partial charge in [0.2, 0.25) is 11.8 Å². The Balaban J connectivity index is 1.44. The van der Waals surface area contributed by atoms with Crippen molar-refractivity contribution < 1.29 is 23.9 Å². The zero-order valence-electron chi connectivity index (χ0n) is 20.2. The van der Waals surface area contributed by atoms with Crippen LogP contribution in [-0.2, 0) is 33.8 Å². The number of nitrogens with one attached hydrogen (secondary N) is 2. The van der Waals surface area contributed by atoms with Crippen molar-refractivity contribution in [2.24, 2.45) is 0 Å². The molecule has 1 atom stereocenters. The topological polar surface area (TPSA) is 97.0 Å². The summed E-state index contributed by atoms with van der Waals surface area (Å²) in [5, 5.41) is 5.60. The average Bonchev–Trinajstić information content (AvgIpc) is 2.78. The molecule has 2 aliphatic rings. The third-order valence-corrected chi connectivity index (χ3v) is 6.65. The van der Waals surface area contributed by atoms with Gasteiger partial charge in [0.05, 0.1) is 6.04 Å². The van der Waals surface area contributed by atoms with E-state index in [9.17, 15) is 14.4 Å². The van der Waals surface area contributed by atoms with E-state index in [0.717, 1.165) is 21.2 Å². The largest absolute Gasteiger partial charge is 0.457 e. The summed E-state index contributed by atoms with van der Waals surface area (Å²) >= 11 is 3.59. The Morgan fingerprint density at radius 2 is 1.97 bits per heavy atom. The molecular weight excluding hydrogens is 514 g/mol. The number of nitrogens with zero attached hydrogens (tertiary/aromatic N) is 1. The Bertz CT molecular complexity index is 1140. The normalized spacial score (nSPS) is 18.1. The van der Waals surface area contributed by atoms with Crippen molar-refractivity contribution in [1.82, 2.24) is 15.5 Å². The molecule has 2 heterocycles. The second kappa shape index (κ2) is 10.4. The van der Waals surface area contributed by atoms with Gasteiger partial charge in [0, 0.05) is 36.1 Å². The number of amides is 3. The van der Waals surface area contributed by atoms with Crippen LogP contribution >= 0.6 is 15.9 Å². The fourth-order valence-corrected chi connectivity index (χ4v) is 4.61. The average molecular weight is 544 g/mol. The third-order valence-electron chi connectivity index (χ3n) is 5.91. The number of hydrogen-bond donors (Lipinski definition) is 2. The van der Waals surface area contributed by atoms with Gasteiger partial charge in [-0.2, -0.15) is 0 Å². The van der Waals surface area contributed by atoms with Crippen LogP contribution in [0.4, 0.5) is 4.79 Å². The summed E-state index contributed by atoms with van der Waals surface area (Å²) in [6.45, 7) is 7.08. The quantitative estimate of drug-likeness (QED) is 0.541. The Kier molecular flexibility index (Phi) is 7.47. The van der Waals surface area contributed by atoms with Crippen LogP contribution < -0.4 is 15.4 Å². The van der Waals surface area contributed by atoms with E-state index in [4.69, 9.17) is 9.47 Å². The van der Waals surface area contributed by atoms with E-state index >= 15 is 0 Å². The molecule has 2 aromatic rings. The molecule has 0 aliphatic carbocycles. The number of ether oxygens (including phenoxy) is 2. The minimum Gasteiger partial charge on any atom is -0.457 e. The number of benzene rings is 2. The van der Waals surface area contributed by atoms with Crippen molar-refractivity contribution in [2.45, 2.75) is 64.8 Å². The van der Waals surface area contributed by atoms with Crippen molar-refractivity contribution in [3.63, 3.8) is 0 Å². The van der Waals surface area contributed by atoms with Gasteiger partial charge in [-0.3, -0.25) is 14.9 Å². The summed E-state index contributed by atoms with van der Waals surface area (Å²) in [6, 6.07) is 11.2. The van der Waals surface area contributed by atoms with Crippen LogP contribution in [0.25, 0.3) is 0 Å². The number of halogens is 1. The third kappa shape index (κ3) is 6.41. The molecule has 0 saturated carbocycles. The summed E-state index contributed by atoms with van der Waals surface area (Å²) in [4.78, 5) is 37.7. The lowest BCUT2D eigenvalue weighted by Crippen LogP contribution is -2.50. The van der Waals surface area contributed by atoms with Crippen molar-refractivity contribution in [2.75, 3.05) is 6.54 Å². The SMILES string of the molecule is CC(C)(C)OC(=O)N1CCc2cc(Oc3cccc(Br)c3CNC3CCC(=O)NC3=O)ccc2C1. The van der Waals surface area contributed by atoms with E-state index in [0.29, 0.717) is 50.4 Å². The second-order valence-electron chi connectivity index (χ2n) is 9.79. The lowest BCUT2D eigenvalue weighted by atomic mass is 10.00. The first-order valence-corrected chi connectivity index (χ1v) is 12.5. The van der Waals surface area contributed by atoms with Crippen LogP contribution in [0.3, 0.4) is 0 Å². The number of carbonyl (C=O) groups excluding carboxylic acids is 3. The Morgan fingerprint density at radius 3 is 2.71 bits per heavy atom. The predicted octanol–water partition coefficient (Wildman–Crippen LogP) is 4.43. The summed E-state index contributed by atoms with van der Waals surface area (Å²) in [6.07, 6.45) is 1.21. The fourth-order valence-electron chi connectivity index (χ4n) is 4.12. The van der Waals surface area contributed by atoms with Crippen molar-refractivity contribution in [3.05, 3.63) is 57.6 Å². The van der Waals surface area contributed by atoms with Gasteiger partial charge in [-0.05, 0) is 69.0 Å². The highest BCUT2D eigenvalue weighted by molar-refractivity contribution is 9.10. The molecule has 4 rings (SSSR count). The first-order valence-electron chi connectivity index (χ1n) is 11.7. The summed E-state index contributed by atoms with van der Waals surface area (Å²) in [5.74, 6) is 0.839. The van der Waals surface area contributed by atoms with Crippen LogP contribution in [-0.4, -0.2) is 41.0 Å².